The minimum Gasteiger partial charge on any atom is -0.454 e. The topological polar surface area (TPSA) is 59.0 Å². The fraction of sp³-hybridized carbons (Fsp3) is 0. The van der Waals surface area contributed by atoms with Crippen molar-refractivity contribution in [3.63, 3.8) is 0 Å². The molecule has 5 heteroatoms. The van der Waals surface area contributed by atoms with E-state index < -0.39 is 0 Å². The molecule has 0 amide bonds. The molecule has 90 valence electrons. The van der Waals surface area contributed by atoms with Crippen molar-refractivity contribution in [2.75, 3.05) is 5.73 Å². The Morgan fingerprint density at radius 3 is 2.61 bits per heavy atom. The first kappa shape index (κ1) is 12.6. The minimum absolute atomic E-state index is 0.305. The molecular formula is C13H8Cl2N2O. The van der Waals surface area contributed by atoms with Gasteiger partial charge in [-0.15, -0.1) is 0 Å². The van der Waals surface area contributed by atoms with Crippen molar-refractivity contribution in [1.29, 1.82) is 5.26 Å². The zero-order valence-electron chi connectivity index (χ0n) is 9.15. The van der Waals surface area contributed by atoms with Gasteiger partial charge in [0.05, 0.1) is 10.6 Å². The fourth-order valence-corrected chi connectivity index (χ4v) is 1.74. The van der Waals surface area contributed by atoms with Gasteiger partial charge in [0.2, 0.25) is 0 Å². The maximum atomic E-state index is 9.00. The smallest absolute Gasteiger partial charge is 0.147 e. The molecule has 0 bridgehead atoms. The molecule has 0 radical (unpaired) electrons. The predicted octanol–water partition coefficient (Wildman–Crippen LogP) is 4.24. The van der Waals surface area contributed by atoms with Gasteiger partial charge in [-0.05, 0) is 30.3 Å². The summed E-state index contributed by atoms with van der Waals surface area (Å²) in [5.41, 5.74) is 6.43. The predicted molar refractivity (Wildman–Crippen MR) is 72.1 cm³/mol. The number of hydrogen-bond donors (Lipinski definition) is 1. The molecule has 0 aliphatic heterocycles. The highest BCUT2D eigenvalue weighted by molar-refractivity contribution is 6.42. The van der Waals surface area contributed by atoms with E-state index in [0.29, 0.717) is 32.8 Å². The lowest BCUT2D eigenvalue weighted by Crippen LogP contribution is -1.92. The van der Waals surface area contributed by atoms with Crippen LogP contribution >= 0.6 is 23.2 Å². The molecule has 2 aromatic carbocycles. The molecule has 0 saturated heterocycles. The van der Waals surface area contributed by atoms with Crippen LogP contribution in [0.4, 0.5) is 5.69 Å². The van der Waals surface area contributed by atoms with Gasteiger partial charge in [0, 0.05) is 5.69 Å². The van der Waals surface area contributed by atoms with Crippen molar-refractivity contribution in [2.24, 2.45) is 0 Å². The molecule has 2 rings (SSSR count). The lowest BCUT2D eigenvalue weighted by Gasteiger charge is -2.10. The summed E-state index contributed by atoms with van der Waals surface area (Å²) in [6, 6.07) is 11.9. The Morgan fingerprint density at radius 2 is 1.89 bits per heavy atom. The molecule has 18 heavy (non-hydrogen) atoms. The molecular weight excluding hydrogens is 271 g/mol. The van der Waals surface area contributed by atoms with Crippen LogP contribution < -0.4 is 10.5 Å². The van der Waals surface area contributed by atoms with Crippen LogP contribution in [0.5, 0.6) is 11.5 Å². The molecule has 0 aromatic heterocycles. The number of rotatable bonds is 2. The Labute approximate surface area is 114 Å². The zero-order valence-corrected chi connectivity index (χ0v) is 10.7. The SMILES string of the molecule is N#Cc1cc(N)ccc1Oc1cccc(Cl)c1Cl. The number of ether oxygens (including phenoxy) is 1. The van der Waals surface area contributed by atoms with E-state index in [1.165, 1.54) is 6.07 Å². The third-order valence-corrected chi connectivity index (χ3v) is 3.06. The Bertz CT molecular complexity index is 635. The normalized spacial score (nSPS) is 9.83. The second-order valence-corrected chi connectivity index (χ2v) is 4.31. The molecule has 0 spiro atoms. The fourth-order valence-electron chi connectivity index (χ4n) is 1.41. The van der Waals surface area contributed by atoms with Gasteiger partial charge < -0.3 is 10.5 Å². The van der Waals surface area contributed by atoms with E-state index in [1.807, 2.05) is 6.07 Å². The number of nitriles is 1. The van der Waals surface area contributed by atoms with Crippen molar-refractivity contribution >= 4 is 28.9 Å². The third kappa shape index (κ3) is 2.51. The summed E-state index contributed by atoms with van der Waals surface area (Å²) >= 11 is 11.9. The van der Waals surface area contributed by atoms with Crippen LogP contribution in [0.2, 0.25) is 10.0 Å². The van der Waals surface area contributed by atoms with Gasteiger partial charge in [-0.1, -0.05) is 29.3 Å². The van der Waals surface area contributed by atoms with Crippen LogP contribution in [0, 0.1) is 11.3 Å². The van der Waals surface area contributed by atoms with E-state index in [0.717, 1.165) is 0 Å². The van der Waals surface area contributed by atoms with Crippen LogP contribution in [0.25, 0.3) is 0 Å². The summed E-state index contributed by atoms with van der Waals surface area (Å²) < 4.78 is 5.57. The quantitative estimate of drug-likeness (QED) is 0.836. The van der Waals surface area contributed by atoms with E-state index in [-0.39, 0.29) is 0 Å². The number of halogens is 2. The van der Waals surface area contributed by atoms with Crippen LogP contribution in [-0.2, 0) is 0 Å². The first-order valence-electron chi connectivity index (χ1n) is 5.03. The lowest BCUT2D eigenvalue weighted by atomic mass is 10.2. The highest BCUT2D eigenvalue weighted by Crippen LogP contribution is 2.35. The zero-order chi connectivity index (χ0) is 13.1. The van der Waals surface area contributed by atoms with Crippen molar-refractivity contribution in [3.8, 4) is 17.6 Å². The second kappa shape index (κ2) is 5.18. The minimum atomic E-state index is 0.305. The number of nitrogen functional groups attached to an aromatic ring is 1. The van der Waals surface area contributed by atoms with Gasteiger partial charge in [-0.25, -0.2) is 0 Å². The van der Waals surface area contributed by atoms with Crippen LogP contribution in [0.1, 0.15) is 5.56 Å². The van der Waals surface area contributed by atoms with Crippen molar-refractivity contribution < 1.29 is 4.74 Å². The lowest BCUT2D eigenvalue weighted by molar-refractivity contribution is 0.481. The summed E-state index contributed by atoms with van der Waals surface area (Å²) in [4.78, 5) is 0. The number of nitrogens with zero attached hydrogens (tertiary/aromatic N) is 1. The number of benzene rings is 2. The van der Waals surface area contributed by atoms with E-state index in [2.05, 4.69) is 0 Å². The van der Waals surface area contributed by atoms with E-state index in [9.17, 15) is 0 Å². The van der Waals surface area contributed by atoms with Crippen molar-refractivity contribution in [2.45, 2.75) is 0 Å². The van der Waals surface area contributed by atoms with Gasteiger partial charge in [-0.3, -0.25) is 0 Å². The molecule has 0 aliphatic carbocycles. The number of nitrogens with two attached hydrogens (primary N) is 1. The maximum absolute atomic E-state index is 9.00. The Kier molecular flexibility index (Phi) is 3.61. The van der Waals surface area contributed by atoms with E-state index in [4.69, 9.17) is 38.9 Å². The van der Waals surface area contributed by atoms with Crippen molar-refractivity contribution in [3.05, 3.63) is 52.0 Å². The largest absolute Gasteiger partial charge is 0.454 e. The van der Waals surface area contributed by atoms with Crippen LogP contribution in [0.3, 0.4) is 0 Å². The average Bonchev–Trinajstić information content (AvgIpc) is 2.37. The first-order valence-corrected chi connectivity index (χ1v) is 5.79. The monoisotopic (exact) mass is 278 g/mol. The van der Waals surface area contributed by atoms with Gasteiger partial charge in [0.15, 0.2) is 0 Å². The Balaban J connectivity index is 2.41. The summed E-state index contributed by atoms with van der Waals surface area (Å²) in [5, 5.41) is 9.70. The Morgan fingerprint density at radius 1 is 1.11 bits per heavy atom. The Hall–Kier alpha value is -1.89. The third-order valence-electron chi connectivity index (χ3n) is 2.26. The molecule has 0 unspecified atom stereocenters. The summed E-state index contributed by atoms with van der Waals surface area (Å²) in [6.07, 6.45) is 0. The summed E-state index contributed by atoms with van der Waals surface area (Å²) in [7, 11) is 0. The number of anilines is 1. The summed E-state index contributed by atoms with van der Waals surface area (Å²) in [6.45, 7) is 0. The molecule has 0 heterocycles. The standard InChI is InChI=1S/C13H8Cl2N2O/c14-10-2-1-3-12(13(10)15)18-11-5-4-9(17)6-8(11)7-16/h1-6H,17H2. The van der Waals surface area contributed by atoms with E-state index >= 15 is 0 Å². The molecule has 0 atom stereocenters. The highest BCUT2D eigenvalue weighted by atomic mass is 35.5. The van der Waals surface area contributed by atoms with Gasteiger partial charge >= 0.3 is 0 Å². The molecule has 2 N–H and O–H groups in total. The molecule has 0 fully saturated rings. The van der Waals surface area contributed by atoms with Gasteiger partial charge in [0.25, 0.3) is 0 Å². The highest BCUT2D eigenvalue weighted by Gasteiger charge is 2.09. The molecule has 0 aliphatic rings. The van der Waals surface area contributed by atoms with E-state index in [1.54, 1.807) is 30.3 Å². The summed E-state index contributed by atoms with van der Waals surface area (Å²) in [5.74, 6) is 0.779. The first-order chi connectivity index (χ1) is 8.61. The molecule has 2 aromatic rings. The van der Waals surface area contributed by atoms with Crippen LogP contribution in [0.15, 0.2) is 36.4 Å². The average molecular weight is 279 g/mol. The van der Waals surface area contributed by atoms with Gasteiger partial charge in [-0.2, -0.15) is 5.26 Å². The van der Waals surface area contributed by atoms with Gasteiger partial charge in [0.1, 0.15) is 22.6 Å². The van der Waals surface area contributed by atoms with Crippen LogP contribution in [-0.4, -0.2) is 0 Å². The maximum Gasteiger partial charge on any atom is 0.147 e. The second-order valence-electron chi connectivity index (χ2n) is 3.52. The van der Waals surface area contributed by atoms with Crippen molar-refractivity contribution in [1.82, 2.24) is 0 Å². The number of hydrogen-bond acceptors (Lipinski definition) is 3. The molecule has 3 nitrogen and oxygen atoms in total. The molecule has 0 saturated carbocycles.